The van der Waals surface area contributed by atoms with Crippen LogP contribution in [0.5, 0.6) is 0 Å². The van der Waals surface area contributed by atoms with Crippen LogP contribution in [-0.2, 0) is 11.3 Å². The van der Waals surface area contributed by atoms with Gasteiger partial charge in [-0.25, -0.2) is 9.61 Å². The van der Waals surface area contributed by atoms with Crippen molar-refractivity contribution in [3.05, 3.63) is 24.3 Å². The monoisotopic (exact) mass is 354 g/mol. The van der Waals surface area contributed by atoms with Gasteiger partial charge in [-0.05, 0) is 40.7 Å². The molecular formula is C18H22N6O2. The topological polar surface area (TPSA) is 103 Å². The van der Waals surface area contributed by atoms with Crippen LogP contribution in [0.4, 0.5) is 5.82 Å². The average molecular weight is 354 g/mol. The summed E-state index contributed by atoms with van der Waals surface area (Å²) in [5, 5.41) is 7.50. The number of nitrogens with two attached hydrogens (primary N) is 1. The van der Waals surface area contributed by atoms with Crippen molar-refractivity contribution in [1.82, 2.24) is 24.8 Å². The minimum Gasteiger partial charge on any atom is -0.379 e. The Morgan fingerprint density at radius 3 is 2.65 bits per heavy atom. The Hall–Kier alpha value is -2.90. The third kappa shape index (κ3) is 2.91. The number of carbonyl (C=O) groups excluding carboxylic acids is 1. The second-order valence-electron chi connectivity index (χ2n) is 7.25. The van der Waals surface area contributed by atoms with Crippen molar-refractivity contribution >= 4 is 22.8 Å². The third-order valence-electron chi connectivity index (χ3n) is 4.90. The normalized spacial score (nSPS) is 20.6. The first kappa shape index (κ1) is 16.6. The Kier molecular flexibility index (Phi) is 4.10. The molecule has 3 heterocycles. The number of likely N-dealkylation sites (tertiary alicyclic amines) is 1. The molecule has 2 atom stereocenters. The maximum atomic E-state index is 13.0. The van der Waals surface area contributed by atoms with Crippen molar-refractivity contribution in [2.75, 3.05) is 18.8 Å². The molecule has 2 aromatic heterocycles. The Morgan fingerprint density at radius 1 is 1.23 bits per heavy atom. The van der Waals surface area contributed by atoms with Crippen molar-refractivity contribution < 1.29 is 9.42 Å². The lowest BCUT2D eigenvalue weighted by molar-refractivity contribution is -0.134. The molecule has 1 aliphatic heterocycles. The summed E-state index contributed by atoms with van der Waals surface area (Å²) in [6.45, 7) is 6.14. The number of piperidine rings is 1. The first-order valence-corrected chi connectivity index (χ1v) is 8.84. The number of nitrogens with zero attached hydrogens (tertiary/aromatic N) is 5. The fraction of sp³-hybridized carbons (Fsp3) is 0.444. The Labute approximate surface area is 150 Å². The number of carbonyl (C=O) groups is 1. The van der Waals surface area contributed by atoms with Crippen molar-refractivity contribution in [1.29, 1.82) is 0 Å². The van der Waals surface area contributed by atoms with E-state index in [-0.39, 0.29) is 18.3 Å². The summed E-state index contributed by atoms with van der Waals surface area (Å²) in [7, 11) is 0. The van der Waals surface area contributed by atoms with Gasteiger partial charge in [0, 0.05) is 13.1 Å². The summed E-state index contributed by atoms with van der Waals surface area (Å²) < 4.78 is 6.57. The van der Waals surface area contributed by atoms with Crippen LogP contribution in [-0.4, -0.2) is 43.8 Å². The van der Waals surface area contributed by atoms with Crippen LogP contribution in [0.15, 0.2) is 28.9 Å². The Morgan fingerprint density at radius 2 is 1.96 bits per heavy atom. The van der Waals surface area contributed by atoms with Gasteiger partial charge in [0.2, 0.25) is 5.91 Å². The van der Waals surface area contributed by atoms with Crippen molar-refractivity contribution in [3.63, 3.8) is 0 Å². The minimum atomic E-state index is 0.0721. The molecule has 2 N–H and O–H groups in total. The van der Waals surface area contributed by atoms with Gasteiger partial charge in [0.1, 0.15) is 6.54 Å². The number of hydrogen-bond acceptors (Lipinski definition) is 6. The standard InChI is InChI=1S/C18H22N6O2/c1-11-7-12(2)9-23(8-11)15(25)10-24-14-6-4-3-5-13(14)20-18(24)16-17(19)22-26-21-16/h3-6,11-12H,7-10H2,1-2H3,(H2,19,22)/t11-,12-/m0/s1. The molecule has 1 amide bonds. The highest BCUT2D eigenvalue weighted by Gasteiger charge is 2.27. The van der Waals surface area contributed by atoms with Gasteiger partial charge in [-0.2, -0.15) is 0 Å². The highest BCUT2D eigenvalue weighted by atomic mass is 16.6. The molecule has 136 valence electrons. The van der Waals surface area contributed by atoms with Gasteiger partial charge in [-0.3, -0.25) is 4.79 Å². The third-order valence-corrected chi connectivity index (χ3v) is 4.90. The van der Waals surface area contributed by atoms with Crippen molar-refractivity contribution in [2.24, 2.45) is 11.8 Å². The van der Waals surface area contributed by atoms with Gasteiger partial charge in [0.25, 0.3) is 0 Å². The summed E-state index contributed by atoms with van der Waals surface area (Å²) in [5.41, 5.74) is 7.85. The van der Waals surface area contributed by atoms with Gasteiger partial charge in [-0.15, -0.1) is 0 Å². The van der Waals surface area contributed by atoms with Gasteiger partial charge in [0.15, 0.2) is 17.3 Å². The molecule has 1 aliphatic rings. The molecule has 1 saturated heterocycles. The van der Waals surface area contributed by atoms with Crippen molar-refractivity contribution in [2.45, 2.75) is 26.8 Å². The number of amides is 1. The second kappa shape index (κ2) is 6.44. The Bertz CT molecular complexity index is 936. The van der Waals surface area contributed by atoms with Crippen LogP contribution in [0.1, 0.15) is 20.3 Å². The van der Waals surface area contributed by atoms with Crippen LogP contribution < -0.4 is 5.73 Å². The van der Waals surface area contributed by atoms with E-state index >= 15 is 0 Å². The predicted molar refractivity (Wildman–Crippen MR) is 97.0 cm³/mol. The molecule has 0 saturated carbocycles. The summed E-state index contributed by atoms with van der Waals surface area (Å²) in [4.78, 5) is 19.5. The average Bonchev–Trinajstić information content (AvgIpc) is 3.17. The zero-order valence-electron chi connectivity index (χ0n) is 14.9. The molecule has 8 heteroatoms. The number of rotatable bonds is 3. The number of imidazole rings is 1. The molecule has 0 bridgehead atoms. The van der Waals surface area contributed by atoms with Crippen LogP contribution in [0.2, 0.25) is 0 Å². The van der Waals surface area contributed by atoms with E-state index in [1.54, 1.807) is 0 Å². The molecule has 1 fully saturated rings. The van der Waals surface area contributed by atoms with Gasteiger partial charge in [0.05, 0.1) is 11.0 Å². The van der Waals surface area contributed by atoms with E-state index in [2.05, 4.69) is 29.1 Å². The lowest BCUT2D eigenvalue weighted by Gasteiger charge is -2.35. The summed E-state index contributed by atoms with van der Waals surface area (Å²) in [6.07, 6.45) is 1.16. The second-order valence-corrected chi connectivity index (χ2v) is 7.25. The summed E-state index contributed by atoms with van der Waals surface area (Å²) in [6, 6.07) is 7.66. The number of nitrogen functional groups attached to an aromatic ring is 1. The molecule has 0 radical (unpaired) electrons. The van der Waals surface area contributed by atoms with E-state index in [0.29, 0.717) is 23.4 Å². The molecule has 0 spiro atoms. The summed E-state index contributed by atoms with van der Waals surface area (Å²) in [5.74, 6) is 1.75. The fourth-order valence-electron chi connectivity index (χ4n) is 3.87. The SMILES string of the molecule is C[C@H]1C[C@H](C)CN(C(=O)Cn2c(-c3nonc3N)nc3ccccc32)C1. The number of hydrogen-bond donors (Lipinski definition) is 1. The summed E-state index contributed by atoms with van der Waals surface area (Å²) >= 11 is 0. The van der Waals surface area contributed by atoms with Gasteiger partial charge in [-0.1, -0.05) is 26.0 Å². The van der Waals surface area contributed by atoms with E-state index in [1.807, 2.05) is 33.7 Å². The number of fused-ring (bicyclic) bond motifs is 1. The minimum absolute atomic E-state index is 0.0721. The predicted octanol–water partition coefficient (Wildman–Crippen LogP) is 2.17. The van der Waals surface area contributed by atoms with E-state index in [1.165, 1.54) is 0 Å². The fourth-order valence-corrected chi connectivity index (χ4v) is 3.87. The van der Waals surface area contributed by atoms with Crippen LogP contribution >= 0.6 is 0 Å². The van der Waals surface area contributed by atoms with Crippen LogP contribution in [0.3, 0.4) is 0 Å². The maximum absolute atomic E-state index is 13.0. The quantitative estimate of drug-likeness (QED) is 0.773. The molecule has 0 unspecified atom stereocenters. The number of benzene rings is 1. The molecular weight excluding hydrogens is 332 g/mol. The first-order valence-electron chi connectivity index (χ1n) is 8.84. The van der Waals surface area contributed by atoms with Gasteiger partial charge >= 0.3 is 0 Å². The molecule has 0 aliphatic carbocycles. The lowest BCUT2D eigenvalue weighted by atomic mass is 9.92. The zero-order valence-corrected chi connectivity index (χ0v) is 14.9. The lowest BCUT2D eigenvalue weighted by Crippen LogP contribution is -2.44. The van der Waals surface area contributed by atoms with Crippen LogP contribution in [0.25, 0.3) is 22.6 Å². The molecule has 8 nitrogen and oxygen atoms in total. The number of para-hydroxylation sites is 2. The highest BCUT2D eigenvalue weighted by Crippen LogP contribution is 2.27. The Balaban J connectivity index is 1.71. The molecule has 4 rings (SSSR count). The number of aromatic nitrogens is 4. The van der Waals surface area contributed by atoms with Gasteiger partial charge < -0.3 is 15.2 Å². The molecule has 1 aromatic carbocycles. The van der Waals surface area contributed by atoms with E-state index in [9.17, 15) is 4.79 Å². The van der Waals surface area contributed by atoms with E-state index in [0.717, 1.165) is 30.5 Å². The van der Waals surface area contributed by atoms with Crippen molar-refractivity contribution in [3.8, 4) is 11.5 Å². The molecule has 3 aromatic rings. The zero-order chi connectivity index (χ0) is 18.3. The maximum Gasteiger partial charge on any atom is 0.242 e. The first-order chi connectivity index (χ1) is 12.5. The number of anilines is 1. The van der Waals surface area contributed by atoms with Crippen LogP contribution in [0, 0.1) is 11.8 Å². The smallest absolute Gasteiger partial charge is 0.242 e. The largest absolute Gasteiger partial charge is 0.379 e. The highest BCUT2D eigenvalue weighted by molar-refractivity contribution is 5.85. The molecule has 26 heavy (non-hydrogen) atoms. The van der Waals surface area contributed by atoms with E-state index in [4.69, 9.17) is 10.4 Å². The van der Waals surface area contributed by atoms with E-state index < -0.39 is 0 Å².